The minimum atomic E-state index is -2.05. The van der Waals surface area contributed by atoms with E-state index in [9.17, 15) is 9.59 Å². The van der Waals surface area contributed by atoms with Gasteiger partial charge in [-0.05, 0) is 72.1 Å². The highest BCUT2D eigenvalue weighted by Crippen LogP contribution is 2.62. The van der Waals surface area contributed by atoms with Gasteiger partial charge in [0.2, 0.25) is 0 Å². The fraction of sp³-hybridized carbons (Fsp3) is 0.754. The number of carbonyl (C=O) groups is 2. The first kappa shape index (κ1) is 55.4. The van der Waals surface area contributed by atoms with Gasteiger partial charge in [0.25, 0.3) is 0 Å². The lowest BCUT2D eigenvalue weighted by atomic mass is 9.53. The first-order chi connectivity index (χ1) is 33.5. The first-order valence-corrected chi connectivity index (χ1v) is 32.5. The Kier molecular flexibility index (Phi) is 18.0. The van der Waals surface area contributed by atoms with Crippen LogP contribution in [0, 0.1) is 33.5 Å². The molecule has 0 radical (unpaired) electrons. The van der Waals surface area contributed by atoms with Crippen LogP contribution in [0.2, 0.25) is 36.3 Å². The van der Waals surface area contributed by atoms with Gasteiger partial charge in [-0.15, -0.1) is 0 Å². The van der Waals surface area contributed by atoms with Crippen molar-refractivity contribution in [2.24, 2.45) is 33.5 Å². The van der Waals surface area contributed by atoms with Crippen LogP contribution in [0.1, 0.15) is 106 Å². The Morgan fingerprint density at radius 2 is 1.00 bits per heavy atom. The molecule has 70 heavy (non-hydrogen) atoms. The Balaban J connectivity index is 0.000000207. The summed E-state index contributed by atoms with van der Waals surface area (Å²) in [5.41, 5.74) is 0.537. The van der Waals surface area contributed by atoms with Crippen molar-refractivity contribution in [2.75, 3.05) is 72.8 Å². The normalized spacial score (nSPS) is 30.7. The summed E-state index contributed by atoms with van der Waals surface area (Å²) in [6.07, 6.45) is 5.19. The summed E-state index contributed by atoms with van der Waals surface area (Å²) >= 11 is 0. The Morgan fingerprint density at radius 3 is 1.40 bits per heavy atom. The van der Waals surface area contributed by atoms with Gasteiger partial charge in [-0.3, -0.25) is 4.79 Å². The zero-order chi connectivity index (χ0) is 50.5. The van der Waals surface area contributed by atoms with Crippen LogP contribution in [-0.2, 0) is 55.0 Å². The van der Waals surface area contributed by atoms with Crippen molar-refractivity contribution < 1.29 is 42.1 Å². The number of benzene rings is 2. The summed E-state index contributed by atoms with van der Waals surface area (Å²) in [4.78, 5) is 32.3. The van der Waals surface area contributed by atoms with Gasteiger partial charge in [0.05, 0.1) is 51.2 Å². The van der Waals surface area contributed by atoms with Crippen LogP contribution in [0.4, 0.5) is 0 Å². The van der Waals surface area contributed by atoms with E-state index in [1.54, 1.807) is 0 Å². The summed E-state index contributed by atoms with van der Waals surface area (Å²) in [6.45, 7) is 30.1. The highest BCUT2D eigenvalue weighted by Gasteiger charge is 2.71. The van der Waals surface area contributed by atoms with Crippen LogP contribution in [0.3, 0.4) is 0 Å². The summed E-state index contributed by atoms with van der Waals surface area (Å²) in [5.74, 6) is -0.576. The molecule has 6 fully saturated rings. The van der Waals surface area contributed by atoms with Crippen molar-refractivity contribution in [2.45, 2.75) is 168 Å². The molecule has 0 amide bonds. The maximum absolute atomic E-state index is 14.0. The molecule has 0 aromatic heterocycles. The highest BCUT2D eigenvalue weighted by atomic mass is 28.4. The van der Waals surface area contributed by atoms with E-state index in [4.69, 9.17) is 32.5 Å². The topological polar surface area (TPSA) is 105 Å². The van der Waals surface area contributed by atoms with Crippen LogP contribution in [-0.4, -0.2) is 135 Å². The lowest BCUT2D eigenvalue weighted by molar-refractivity contribution is -0.283. The average molecular weight is 1010 g/mol. The van der Waals surface area contributed by atoms with Gasteiger partial charge in [0.15, 0.2) is 28.2 Å². The molecule has 11 nitrogen and oxygen atoms in total. The third-order valence-corrected chi connectivity index (χ3v) is 27.0. The van der Waals surface area contributed by atoms with Crippen LogP contribution in [0.5, 0.6) is 0 Å². The Hall–Kier alpha value is -2.31. The van der Waals surface area contributed by atoms with Gasteiger partial charge in [0, 0.05) is 75.8 Å². The SMILES string of the molecule is CC[Si](CC)(CC)OC1C2(C=O)CN(CC(C)C)CC1(Cc1ccccc1)CC1(C2)OCCO1.CC[Si](CC)(CC)OC1C2(Cc3ccccc3)CN(CC(C)C)CC1(C(=O)OC)CC1(C2)OCCO1. The molecule has 2 aromatic carbocycles. The van der Waals surface area contributed by atoms with Crippen molar-refractivity contribution in [1.29, 1.82) is 0 Å². The number of likely N-dealkylation sites (tertiary alicyclic amines) is 2. The molecule has 2 saturated carbocycles. The van der Waals surface area contributed by atoms with E-state index in [0.717, 1.165) is 94.7 Å². The molecule has 8 rings (SSSR count). The number of rotatable bonds is 20. The first-order valence-electron chi connectivity index (χ1n) is 27.5. The van der Waals surface area contributed by atoms with Gasteiger partial charge >= 0.3 is 5.97 Å². The van der Waals surface area contributed by atoms with E-state index in [1.807, 2.05) is 0 Å². The molecule has 2 spiro atoms. The number of aldehydes is 1. The highest BCUT2D eigenvalue weighted by molar-refractivity contribution is 6.74. The monoisotopic (exact) mass is 1000 g/mol. The molecule has 4 saturated heterocycles. The molecular formula is C57H92N2O9Si2. The number of fused-ring (bicyclic) bond motifs is 4. The van der Waals surface area contributed by atoms with Crippen LogP contribution >= 0.6 is 0 Å². The van der Waals surface area contributed by atoms with E-state index in [1.165, 1.54) is 24.5 Å². The number of esters is 1. The van der Waals surface area contributed by atoms with E-state index in [2.05, 4.69) is 140 Å². The Morgan fingerprint density at radius 1 is 0.600 bits per heavy atom. The molecule has 2 aromatic rings. The van der Waals surface area contributed by atoms with Crippen molar-refractivity contribution in [3.63, 3.8) is 0 Å². The van der Waals surface area contributed by atoms with Gasteiger partial charge in [-0.2, -0.15) is 0 Å². The minimum absolute atomic E-state index is 0.105. The van der Waals surface area contributed by atoms with E-state index < -0.39 is 39.0 Å². The van der Waals surface area contributed by atoms with Crippen molar-refractivity contribution in [1.82, 2.24) is 9.80 Å². The van der Waals surface area contributed by atoms with Crippen LogP contribution < -0.4 is 0 Å². The largest absolute Gasteiger partial charge is 0.468 e. The smallest absolute Gasteiger partial charge is 0.315 e. The minimum Gasteiger partial charge on any atom is -0.468 e. The zero-order valence-electron chi connectivity index (χ0n) is 45.3. The Labute approximate surface area is 425 Å². The fourth-order valence-corrected chi connectivity index (χ4v) is 20.8. The summed E-state index contributed by atoms with van der Waals surface area (Å²) in [7, 11) is -2.49. The second-order valence-electron chi connectivity index (χ2n) is 23.6. The maximum Gasteiger partial charge on any atom is 0.315 e. The molecule has 4 bridgehead atoms. The molecule has 392 valence electrons. The standard InChI is InChI=1S/C29H47NO5Si.C28H45NO4Si/c1-7-36(8-2,9-3)35-25-27(17-24-13-11-10-12-14-24)19-29(33-15-16-34-29)20-28(25,26(31)32-6)22-30(21-27)18-23(4)5;1-6-34(7-2,8-3)33-25-26(16-24-12-10-9-11-13-24)18-28(31-14-15-32-28)19-27(25,22-30)21-29(20-26)17-23(4)5/h10-14,23,25H,7-9,15-22H2,1-6H3;9-13,22-23,25H,6-8,14-21H2,1-5H3. The molecule has 4 heterocycles. The molecule has 6 aliphatic rings. The van der Waals surface area contributed by atoms with Gasteiger partial charge in [0.1, 0.15) is 11.7 Å². The van der Waals surface area contributed by atoms with Crippen LogP contribution in [0.25, 0.3) is 0 Å². The number of nitrogens with zero attached hydrogens (tertiary/aromatic N) is 2. The molecule has 2 aliphatic carbocycles. The number of ether oxygens (including phenoxy) is 5. The van der Waals surface area contributed by atoms with Crippen molar-refractivity contribution in [3.05, 3.63) is 71.8 Å². The number of methoxy groups -OCH3 is 1. The average Bonchev–Trinajstić information content (AvgIpc) is 3.99. The number of hydrogen-bond donors (Lipinski definition) is 0. The summed E-state index contributed by atoms with van der Waals surface area (Å²) in [6, 6.07) is 27.8. The summed E-state index contributed by atoms with van der Waals surface area (Å²) in [5, 5.41) is 0. The van der Waals surface area contributed by atoms with E-state index in [-0.39, 0.29) is 29.0 Å². The third kappa shape index (κ3) is 11.2. The number of hydrogen-bond acceptors (Lipinski definition) is 11. The van der Waals surface area contributed by atoms with Crippen molar-refractivity contribution in [3.8, 4) is 0 Å². The number of piperidine rings is 2. The van der Waals surface area contributed by atoms with E-state index >= 15 is 0 Å². The molecule has 0 N–H and O–H groups in total. The van der Waals surface area contributed by atoms with E-state index in [0.29, 0.717) is 57.6 Å². The summed E-state index contributed by atoms with van der Waals surface area (Å²) < 4.78 is 45.9. The fourth-order valence-electron chi connectivity index (χ4n) is 14.8. The van der Waals surface area contributed by atoms with Gasteiger partial charge in [-0.1, -0.05) is 130 Å². The third-order valence-electron chi connectivity index (χ3n) is 17.8. The molecule has 6 unspecified atom stereocenters. The van der Waals surface area contributed by atoms with Crippen molar-refractivity contribution >= 4 is 28.9 Å². The maximum atomic E-state index is 14.0. The lowest BCUT2D eigenvalue weighted by Crippen LogP contribution is -2.74. The van der Waals surface area contributed by atoms with Gasteiger partial charge in [-0.25, -0.2) is 0 Å². The second kappa shape index (κ2) is 22.7. The zero-order valence-corrected chi connectivity index (χ0v) is 47.3. The number of carbonyl (C=O) groups excluding carboxylic acids is 2. The molecule has 4 aliphatic heterocycles. The lowest BCUT2D eigenvalue weighted by Gasteiger charge is -2.64. The molecular weight excluding hydrogens is 913 g/mol. The molecule has 6 atom stereocenters. The predicted molar refractivity (Wildman–Crippen MR) is 283 cm³/mol. The Bertz CT molecular complexity index is 1970. The molecule has 13 heteroatoms. The quantitative estimate of drug-likeness (QED) is 0.0719. The van der Waals surface area contributed by atoms with Gasteiger partial charge < -0.3 is 47.1 Å². The van der Waals surface area contributed by atoms with Crippen LogP contribution in [0.15, 0.2) is 60.7 Å². The predicted octanol–water partition coefficient (Wildman–Crippen LogP) is 10.6. The second-order valence-corrected chi connectivity index (χ2v) is 33.0.